The molecule has 0 unspecified atom stereocenters. The second-order valence-corrected chi connectivity index (χ2v) is 4.59. The van der Waals surface area contributed by atoms with Crippen LogP contribution in [-0.4, -0.2) is 20.3 Å². The van der Waals surface area contributed by atoms with E-state index in [1.54, 1.807) is 31.4 Å². The molecule has 0 aliphatic carbocycles. The minimum atomic E-state index is 0.553. The number of ether oxygens (including phenoxy) is 2. The van der Waals surface area contributed by atoms with Crippen molar-refractivity contribution in [3.8, 4) is 17.6 Å². The van der Waals surface area contributed by atoms with E-state index >= 15 is 0 Å². The maximum Gasteiger partial charge on any atom is 0.119 e. The van der Waals surface area contributed by atoms with Crippen LogP contribution in [0.4, 0.5) is 5.69 Å². The molecule has 0 spiro atoms. The fourth-order valence-corrected chi connectivity index (χ4v) is 1.94. The summed E-state index contributed by atoms with van der Waals surface area (Å²) in [4.78, 5) is 0. The number of benzene rings is 2. The number of nitrogens with zero attached hydrogens (tertiary/aromatic N) is 1. The Balaban J connectivity index is 1.80. The van der Waals surface area contributed by atoms with Gasteiger partial charge in [0.05, 0.1) is 18.7 Å². The van der Waals surface area contributed by atoms with Gasteiger partial charge >= 0.3 is 0 Å². The van der Waals surface area contributed by atoms with Gasteiger partial charge in [-0.3, -0.25) is 0 Å². The first-order valence-electron chi connectivity index (χ1n) is 6.74. The minimum Gasteiger partial charge on any atom is -0.497 e. The maximum atomic E-state index is 8.72. The normalized spacial score (nSPS) is 9.76. The molecule has 4 nitrogen and oxygen atoms in total. The van der Waals surface area contributed by atoms with Gasteiger partial charge in [-0.1, -0.05) is 0 Å². The lowest BCUT2D eigenvalue weighted by Crippen LogP contribution is -2.12. The highest BCUT2D eigenvalue weighted by Crippen LogP contribution is 2.20. The molecule has 0 radical (unpaired) electrons. The second kappa shape index (κ2) is 7.20. The number of rotatable bonds is 6. The van der Waals surface area contributed by atoms with E-state index in [-0.39, 0.29) is 0 Å². The summed E-state index contributed by atoms with van der Waals surface area (Å²) in [6.07, 6.45) is 0. The van der Waals surface area contributed by atoms with Crippen LogP contribution in [0.25, 0.3) is 0 Å². The number of hydrogen-bond acceptors (Lipinski definition) is 4. The maximum absolute atomic E-state index is 8.72. The van der Waals surface area contributed by atoms with Crippen molar-refractivity contribution < 1.29 is 9.47 Å². The molecule has 0 aliphatic rings. The van der Waals surface area contributed by atoms with Crippen LogP contribution in [0, 0.1) is 18.3 Å². The molecule has 0 fully saturated rings. The Bertz CT molecular complexity index is 630. The molecule has 4 heteroatoms. The Labute approximate surface area is 124 Å². The zero-order valence-corrected chi connectivity index (χ0v) is 12.2. The molecule has 0 atom stereocenters. The molecular weight excluding hydrogens is 264 g/mol. The average molecular weight is 282 g/mol. The van der Waals surface area contributed by atoms with Crippen LogP contribution in [0.3, 0.4) is 0 Å². The highest BCUT2D eigenvalue weighted by molar-refractivity contribution is 5.53. The standard InChI is InChI=1S/C17H18N2O2/c1-13-11-16(20-2)7-8-17(13)19-9-10-21-15-5-3-14(12-18)4-6-15/h3-8,11,19H,9-10H2,1-2H3. The molecule has 2 aromatic rings. The molecule has 2 aromatic carbocycles. The Kier molecular flexibility index (Phi) is 5.05. The highest BCUT2D eigenvalue weighted by atomic mass is 16.5. The summed E-state index contributed by atoms with van der Waals surface area (Å²) in [6.45, 7) is 3.29. The van der Waals surface area contributed by atoms with Crippen molar-refractivity contribution in [3.63, 3.8) is 0 Å². The summed E-state index contributed by atoms with van der Waals surface area (Å²) >= 11 is 0. The van der Waals surface area contributed by atoms with Gasteiger partial charge in [0.15, 0.2) is 0 Å². The summed E-state index contributed by atoms with van der Waals surface area (Å²) < 4.78 is 10.8. The Morgan fingerprint density at radius 2 is 1.81 bits per heavy atom. The van der Waals surface area contributed by atoms with Crippen molar-refractivity contribution in [2.75, 3.05) is 25.6 Å². The van der Waals surface area contributed by atoms with E-state index in [1.807, 2.05) is 25.1 Å². The number of methoxy groups -OCH3 is 1. The summed E-state index contributed by atoms with van der Waals surface area (Å²) in [5, 5.41) is 12.0. The van der Waals surface area contributed by atoms with Crippen LogP contribution >= 0.6 is 0 Å². The molecule has 21 heavy (non-hydrogen) atoms. The van der Waals surface area contributed by atoms with Crippen LogP contribution in [0.1, 0.15) is 11.1 Å². The first kappa shape index (κ1) is 14.7. The van der Waals surface area contributed by atoms with Gasteiger partial charge in [-0.25, -0.2) is 0 Å². The van der Waals surface area contributed by atoms with Crippen molar-refractivity contribution >= 4 is 5.69 Å². The fraction of sp³-hybridized carbons (Fsp3) is 0.235. The highest BCUT2D eigenvalue weighted by Gasteiger charge is 2.00. The topological polar surface area (TPSA) is 54.3 Å². The summed E-state index contributed by atoms with van der Waals surface area (Å²) in [5.74, 6) is 1.62. The zero-order valence-electron chi connectivity index (χ0n) is 12.2. The first-order chi connectivity index (χ1) is 10.2. The molecule has 0 amide bonds. The summed E-state index contributed by atoms with van der Waals surface area (Å²) in [7, 11) is 1.66. The third-order valence-corrected chi connectivity index (χ3v) is 3.10. The van der Waals surface area contributed by atoms with Crippen molar-refractivity contribution in [1.29, 1.82) is 5.26 Å². The second-order valence-electron chi connectivity index (χ2n) is 4.59. The average Bonchev–Trinajstić information content (AvgIpc) is 2.53. The quantitative estimate of drug-likeness (QED) is 0.825. The molecule has 0 aromatic heterocycles. The van der Waals surface area contributed by atoms with Crippen molar-refractivity contribution in [3.05, 3.63) is 53.6 Å². The Morgan fingerprint density at radius 3 is 2.43 bits per heavy atom. The molecule has 0 heterocycles. The van der Waals surface area contributed by atoms with Gasteiger partial charge in [0, 0.05) is 12.2 Å². The molecule has 108 valence electrons. The van der Waals surface area contributed by atoms with E-state index in [2.05, 4.69) is 11.4 Å². The predicted octanol–water partition coefficient (Wildman–Crippen LogP) is 3.37. The molecule has 2 rings (SSSR count). The van der Waals surface area contributed by atoms with E-state index < -0.39 is 0 Å². The van der Waals surface area contributed by atoms with E-state index in [0.29, 0.717) is 18.7 Å². The van der Waals surface area contributed by atoms with Gasteiger partial charge in [-0.15, -0.1) is 0 Å². The largest absolute Gasteiger partial charge is 0.497 e. The molecule has 0 aliphatic heterocycles. The van der Waals surface area contributed by atoms with Crippen LogP contribution in [0.2, 0.25) is 0 Å². The van der Waals surface area contributed by atoms with E-state index in [0.717, 1.165) is 22.7 Å². The zero-order chi connectivity index (χ0) is 15.1. The molecule has 0 saturated heterocycles. The number of anilines is 1. The van der Waals surface area contributed by atoms with Gasteiger partial charge in [-0.05, 0) is 55.0 Å². The number of aryl methyl sites for hydroxylation is 1. The summed E-state index contributed by atoms with van der Waals surface area (Å²) in [6, 6.07) is 15.1. The monoisotopic (exact) mass is 282 g/mol. The smallest absolute Gasteiger partial charge is 0.119 e. The van der Waals surface area contributed by atoms with Crippen LogP contribution in [-0.2, 0) is 0 Å². The minimum absolute atomic E-state index is 0.553. The third kappa shape index (κ3) is 4.15. The van der Waals surface area contributed by atoms with Gasteiger partial charge < -0.3 is 14.8 Å². The number of hydrogen-bond donors (Lipinski definition) is 1. The fourth-order valence-electron chi connectivity index (χ4n) is 1.94. The van der Waals surface area contributed by atoms with Crippen LogP contribution in [0.5, 0.6) is 11.5 Å². The van der Waals surface area contributed by atoms with Gasteiger partial charge in [-0.2, -0.15) is 5.26 Å². The van der Waals surface area contributed by atoms with Crippen LogP contribution < -0.4 is 14.8 Å². The van der Waals surface area contributed by atoms with E-state index in [9.17, 15) is 0 Å². The lowest BCUT2D eigenvalue weighted by molar-refractivity contribution is 0.333. The SMILES string of the molecule is COc1ccc(NCCOc2ccc(C#N)cc2)c(C)c1. The predicted molar refractivity (Wildman–Crippen MR) is 82.9 cm³/mol. The van der Waals surface area contributed by atoms with E-state index in [1.165, 1.54) is 0 Å². The lowest BCUT2D eigenvalue weighted by atomic mass is 10.2. The summed E-state index contributed by atoms with van der Waals surface area (Å²) in [5.41, 5.74) is 2.83. The molecule has 1 N–H and O–H groups in total. The van der Waals surface area contributed by atoms with Crippen LogP contribution in [0.15, 0.2) is 42.5 Å². The first-order valence-corrected chi connectivity index (χ1v) is 6.74. The third-order valence-electron chi connectivity index (χ3n) is 3.10. The Morgan fingerprint density at radius 1 is 1.10 bits per heavy atom. The van der Waals surface area contributed by atoms with Crippen molar-refractivity contribution in [1.82, 2.24) is 0 Å². The molecule has 0 saturated carbocycles. The van der Waals surface area contributed by atoms with Crippen molar-refractivity contribution in [2.24, 2.45) is 0 Å². The molecular formula is C17H18N2O2. The number of nitrogens with one attached hydrogen (secondary N) is 1. The Hall–Kier alpha value is -2.67. The van der Waals surface area contributed by atoms with E-state index in [4.69, 9.17) is 14.7 Å². The van der Waals surface area contributed by atoms with Gasteiger partial charge in [0.25, 0.3) is 0 Å². The lowest BCUT2D eigenvalue weighted by Gasteiger charge is -2.11. The number of nitriles is 1. The van der Waals surface area contributed by atoms with Crippen molar-refractivity contribution in [2.45, 2.75) is 6.92 Å². The molecule has 0 bridgehead atoms. The van der Waals surface area contributed by atoms with Gasteiger partial charge in [0.1, 0.15) is 18.1 Å². The van der Waals surface area contributed by atoms with Gasteiger partial charge in [0.2, 0.25) is 0 Å².